The summed E-state index contributed by atoms with van der Waals surface area (Å²) >= 11 is 6.38. The third kappa shape index (κ3) is 4.64. The van der Waals surface area contributed by atoms with Crippen LogP contribution in [0.5, 0.6) is 5.75 Å². The van der Waals surface area contributed by atoms with E-state index in [0.717, 1.165) is 24.0 Å². The number of methoxy groups -OCH3 is 1. The maximum atomic E-state index is 6.38. The van der Waals surface area contributed by atoms with Gasteiger partial charge in [0, 0.05) is 5.88 Å². The van der Waals surface area contributed by atoms with Gasteiger partial charge in [0.2, 0.25) is 0 Å². The van der Waals surface area contributed by atoms with Gasteiger partial charge in [0.1, 0.15) is 5.75 Å². The maximum absolute atomic E-state index is 6.38. The first-order chi connectivity index (χ1) is 10.2. The monoisotopic (exact) mass is 308 g/mol. The van der Waals surface area contributed by atoms with Crippen molar-refractivity contribution in [1.29, 1.82) is 0 Å². The summed E-state index contributed by atoms with van der Waals surface area (Å²) in [5.41, 5.74) is 1.67. The second kappa shape index (κ2) is 8.08. The van der Waals surface area contributed by atoms with Crippen molar-refractivity contribution in [3.05, 3.63) is 29.8 Å². The van der Waals surface area contributed by atoms with Crippen molar-refractivity contribution in [1.82, 2.24) is 0 Å². The van der Waals surface area contributed by atoms with Crippen molar-refractivity contribution in [2.75, 3.05) is 13.0 Å². The summed E-state index contributed by atoms with van der Waals surface area (Å²) in [7, 11) is 1.73. The number of hydrogen-bond donors (Lipinski definition) is 0. The number of alkyl halides is 1. The number of halogens is 1. The SMILES string of the molecule is CCCCC1CCC(CCl)(Cc2cccc(OC)c2)CC1. The van der Waals surface area contributed by atoms with Crippen molar-refractivity contribution >= 4 is 11.6 Å². The smallest absolute Gasteiger partial charge is 0.119 e. The van der Waals surface area contributed by atoms with Crippen LogP contribution in [0, 0.1) is 11.3 Å². The summed E-state index contributed by atoms with van der Waals surface area (Å²) in [5.74, 6) is 2.67. The van der Waals surface area contributed by atoms with E-state index in [9.17, 15) is 0 Å². The zero-order valence-electron chi connectivity index (χ0n) is 13.5. The minimum absolute atomic E-state index is 0.302. The molecule has 0 bridgehead atoms. The standard InChI is InChI=1S/C19H29ClO/c1-3-4-6-16-9-11-19(15-20,12-10-16)14-17-7-5-8-18(13-17)21-2/h5,7-8,13,16H,3-4,6,9-12,14-15H2,1-2H3. The molecule has 2 rings (SSSR count). The van der Waals surface area contributed by atoms with Gasteiger partial charge in [-0.3, -0.25) is 0 Å². The highest BCUT2D eigenvalue weighted by Gasteiger charge is 2.34. The van der Waals surface area contributed by atoms with Crippen LogP contribution >= 0.6 is 11.6 Å². The molecular formula is C19H29ClO. The fraction of sp³-hybridized carbons (Fsp3) is 0.684. The van der Waals surface area contributed by atoms with Crippen molar-refractivity contribution < 1.29 is 4.74 Å². The molecular weight excluding hydrogens is 280 g/mol. The molecule has 118 valence electrons. The van der Waals surface area contributed by atoms with E-state index in [1.165, 1.54) is 50.5 Å². The van der Waals surface area contributed by atoms with Gasteiger partial charge in [0.25, 0.3) is 0 Å². The quantitative estimate of drug-likeness (QED) is 0.575. The van der Waals surface area contributed by atoms with E-state index in [0.29, 0.717) is 5.41 Å². The molecule has 1 aromatic rings. The second-order valence-corrected chi connectivity index (χ2v) is 7.01. The van der Waals surface area contributed by atoms with E-state index in [2.05, 4.69) is 25.1 Å². The summed E-state index contributed by atoms with van der Waals surface area (Å²) in [6.07, 6.45) is 10.5. The molecule has 1 aliphatic carbocycles. The van der Waals surface area contributed by atoms with Crippen molar-refractivity contribution in [2.24, 2.45) is 11.3 Å². The molecule has 1 nitrogen and oxygen atoms in total. The number of hydrogen-bond acceptors (Lipinski definition) is 1. The van der Waals surface area contributed by atoms with Gasteiger partial charge in [-0.15, -0.1) is 11.6 Å². The van der Waals surface area contributed by atoms with Gasteiger partial charge in [0.05, 0.1) is 7.11 Å². The third-order valence-corrected chi connectivity index (χ3v) is 5.70. The number of ether oxygens (including phenoxy) is 1. The zero-order valence-corrected chi connectivity index (χ0v) is 14.3. The van der Waals surface area contributed by atoms with Crippen molar-refractivity contribution in [3.8, 4) is 5.75 Å². The Morgan fingerprint density at radius 2 is 2.05 bits per heavy atom. The molecule has 1 saturated carbocycles. The van der Waals surface area contributed by atoms with E-state index in [4.69, 9.17) is 16.3 Å². The highest BCUT2D eigenvalue weighted by Crippen LogP contribution is 2.44. The molecule has 2 heteroatoms. The van der Waals surface area contributed by atoms with Gasteiger partial charge in [0.15, 0.2) is 0 Å². The molecule has 1 aliphatic rings. The first-order valence-electron chi connectivity index (χ1n) is 8.40. The van der Waals surface area contributed by atoms with Crippen molar-refractivity contribution in [3.63, 3.8) is 0 Å². The number of rotatable bonds is 7. The summed E-state index contributed by atoms with van der Waals surface area (Å²) in [5, 5.41) is 0. The minimum atomic E-state index is 0.302. The third-order valence-electron chi connectivity index (χ3n) is 5.13. The van der Waals surface area contributed by atoms with Crippen LogP contribution in [0.25, 0.3) is 0 Å². The zero-order chi connectivity index (χ0) is 15.1. The van der Waals surface area contributed by atoms with Crippen LogP contribution in [-0.4, -0.2) is 13.0 Å². The molecule has 0 amide bonds. The lowest BCUT2D eigenvalue weighted by molar-refractivity contribution is 0.166. The first kappa shape index (κ1) is 16.7. The topological polar surface area (TPSA) is 9.23 Å². The van der Waals surface area contributed by atoms with Crippen LogP contribution in [0.4, 0.5) is 0 Å². The largest absolute Gasteiger partial charge is 0.497 e. The van der Waals surface area contributed by atoms with Gasteiger partial charge < -0.3 is 4.74 Å². The fourth-order valence-corrected chi connectivity index (χ4v) is 4.01. The molecule has 0 aromatic heterocycles. The van der Waals surface area contributed by atoms with Crippen LogP contribution in [0.2, 0.25) is 0 Å². The van der Waals surface area contributed by atoms with E-state index in [-0.39, 0.29) is 0 Å². The van der Waals surface area contributed by atoms with Gasteiger partial charge >= 0.3 is 0 Å². The molecule has 0 unspecified atom stereocenters. The highest BCUT2D eigenvalue weighted by molar-refractivity contribution is 6.18. The highest BCUT2D eigenvalue weighted by atomic mass is 35.5. The summed E-state index contributed by atoms with van der Waals surface area (Å²) in [6, 6.07) is 8.47. The average molecular weight is 309 g/mol. The van der Waals surface area contributed by atoms with E-state index in [1.54, 1.807) is 7.11 Å². The first-order valence-corrected chi connectivity index (χ1v) is 8.94. The predicted molar refractivity (Wildman–Crippen MR) is 91.3 cm³/mol. The molecule has 0 aliphatic heterocycles. The van der Waals surface area contributed by atoms with E-state index >= 15 is 0 Å². The van der Waals surface area contributed by atoms with Gasteiger partial charge in [-0.05, 0) is 61.1 Å². The number of unbranched alkanes of at least 4 members (excludes halogenated alkanes) is 1. The lowest BCUT2D eigenvalue weighted by Gasteiger charge is -2.39. The average Bonchev–Trinajstić information content (AvgIpc) is 2.54. The fourth-order valence-electron chi connectivity index (χ4n) is 3.64. The Kier molecular flexibility index (Phi) is 6.41. The lowest BCUT2D eigenvalue weighted by Crippen LogP contribution is -2.31. The van der Waals surface area contributed by atoms with Crippen LogP contribution in [0.1, 0.15) is 57.4 Å². The van der Waals surface area contributed by atoms with Crippen LogP contribution in [-0.2, 0) is 6.42 Å². The Labute approximate surface area is 135 Å². The Morgan fingerprint density at radius 1 is 1.29 bits per heavy atom. The van der Waals surface area contributed by atoms with E-state index in [1.807, 2.05) is 6.07 Å². The van der Waals surface area contributed by atoms with Crippen LogP contribution in [0.15, 0.2) is 24.3 Å². The Balaban J connectivity index is 1.96. The normalized spacial score (nSPS) is 25.8. The molecule has 0 spiro atoms. The summed E-state index contributed by atoms with van der Waals surface area (Å²) in [6.45, 7) is 2.29. The second-order valence-electron chi connectivity index (χ2n) is 6.75. The van der Waals surface area contributed by atoms with Crippen LogP contribution < -0.4 is 4.74 Å². The lowest BCUT2D eigenvalue weighted by atomic mass is 9.68. The molecule has 0 N–H and O–H groups in total. The molecule has 0 heterocycles. The molecule has 0 saturated heterocycles. The molecule has 1 aromatic carbocycles. The molecule has 1 fully saturated rings. The van der Waals surface area contributed by atoms with Crippen LogP contribution in [0.3, 0.4) is 0 Å². The Bertz CT molecular complexity index is 421. The van der Waals surface area contributed by atoms with Crippen molar-refractivity contribution in [2.45, 2.75) is 58.3 Å². The van der Waals surface area contributed by atoms with Gasteiger partial charge in [-0.1, -0.05) is 38.3 Å². The maximum Gasteiger partial charge on any atom is 0.119 e. The van der Waals surface area contributed by atoms with Gasteiger partial charge in [-0.25, -0.2) is 0 Å². The molecule has 21 heavy (non-hydrogen) atoms. The Hall–Kier alpha value is -0.690. The summed E-state index contributed by atoms with van der Waals surface area (Å²) in [4.78, 5) is 0. The number of benzene rings is 1. The van der Waals surface area contributed by atoms with Gasteiger partial charge in [-0.2, -0.15) is 0 Å². The Morgan fingerprint density at radius 3 is 2.67 bits per heavy atom. The predicted octanol–water partition coefficient (Wildman–Crippen LogP) is 5.84. The summed E-state index contributed by atoms with van der Waals surface area (Å²) < 4.78 is 5.34. The minimum Gasteiger partial charge on any atom is -0.497 e. The molecule has 0 radical (unpaired) electrons. The molecule has 0 atom stereocenters. The van der Waals surface area contributed by atoms with E-state index < -0.39 is 0 Å².